The lowest BCUT2D eigenvalue weighted by Gasteiger charge is -2.34. The molecule has 43 heavy (non-hydrogen) atoms. The van der Waals surface area contributed by atoms with Crippen LogP contribution in [0.4, 0.5) is 10.1 Å². The number of fused-ring (bicyclic) bond motifs is 2. The minimum Gasteiger partial charge on any atom is -0.455 e. The Kier molecular flexibility index (Phi) is 7.66. The number of H-pyrrole nitrogens is 1. The molecule has 9 nitrogen and oxygen atoms in total. The highest BCUT2D eigenvalue weighted by Crippen LogP contribution is 2.42. The number of nitrogens with zero attached hydrogens (tertiary/aromatic N) is 3. The van der Waals surface area contributed by atoms with E-state index in [0.717, 1.165) is 24.1 Å². The van der Waals surface area contributed by atoms with Crippen molar-refractivity contribution in [3.63, 3.8) is 0 Å². The number of carbonyl (C=O) groups is 2. The number of hydrogen-bond acceptors (Lipinski definition) is 7. The van der Waals surface area contributed by atoms with Gasteiger partial charge in [-0.1, -0.05) is 30.1 Å². The normalized spacial score (nSPS) is 15.2. The Morgan fingerprint density at radius 2 is 1.86 bits per heavy atom. The van der Waals surface area contributed by atoms with Crippen molar-refractivity contribution in [2.75, 3.05) is 37.7 Å². The number of carbonyl (C=O) groups excluding carboxylic acids is 2. The van der Waals surface area contributed by atoms with E-state index in [1.165, 1.54) is 24.1 Å². The maximum atomic E-state index is 13.8. The highest BCUT2D eigenvalue weighted by atomic mass is 32.2. The largest absolute Gasteiger partial charge is 0.455 e. The lowest BCUT2D eigenvalue weighted by Crippen LogP contribution is -2.40. The lowest BCUT2D eigenvalue weighted by atomic mass is 9.87. The van der Waals surface area contributed by atoms with E-state index in [-0.39, 0.29) is 34.8 Å². The molecule has 0 radical (unpaired) electrons. The fourth-order valence-electron chi connectivity index (χ4n) is 5.84. The first-order valence-electron chi connectivity index (χ1n) is 13.9. The van der Waals surface area contributed by atoms with Crippen LogP contribution in [-0.2, 0) is 0 Å². The van der Waals surface area contributed by atoms with Crippen molar-refractivity contribution >= 4 is 51.2 Å². The number of nitrogens with one attached hydrogen (secondary N) is 2. The van der Waals surface area contributed by atoms with Crippen molar-refractivity contribution in [1.29, 1.82) is 0 Å². The maximum absolute atomic E-state index is 13.8. The second kappa shape index (κ2) is 11.6. The molecule has 11 heteroatoms. The monoisotopic (exact) mass is 599 g/mol. The Hall–Kier alpha value is -4.64. The molecule has 3 aromatic carbocycles. The number of piperidine rings is 1. The first-order chi connectivity index (χ1) is 20.8. The van der Waals surface area contributed by atoms with Crippen molar-refractivity contribution in [1.82, 2.24) is 20.4 Å². The maximum Gasteiger partial charge on any atom is 0.274 e. The van der Waals surface area contributed by atoms with Gasteiger partial charge >= 0.3 is 0 Å². The molecule has 1 atom stereocenters. The smallest absolute Gasteiger partial charge is 0.274 e. The Balaban J connectivity index is 1.44. The number of furan rings is 1. The topological polar surface area (TPSA) is 112 Å². The fraction of sp³-hybridized carbons (Fsp3) is 0.250. The predicted octanol–water partition coefficient (Wildman–Crippen LogP) is 5.57. The van der Waals surface area contributed by atoms with E-state index in [2.05, 4.69) is 15.5 Å². The van der Waals surface area contributed by atoms with Crippen molar-refractivity contribution < 1.29 is 18.4 Å². The summed E-state index contributed by atoms with van der Waals surface area (Å²) in [7, 11) is 3.52. The van der Waals surface area contributed by atoms with Gasteiger partial charge in [0.2, 0.25) is 0 Å². The standard InChI is InChI=1S/C32H30FN5O4S/c1-34-31(40)27-24-15-23(25(37(2)43-3)16-26(24)42-29(27)18-10-12-20(33)13-11-18)19-7-6-14-38(17-19)32(41)28-21-8-4-5-9-22(21)30(39)36-35-28/h4-5,8-13,15-16,19H,6-7,14,17H2,1-3H3,(H,34,40)(H,36,39). The number of benzene rings is 3. The average molecular weight is 600 g/mol. The van der Waals surface area contributed by atoms with Crippen LogP contribution >= 0.6 is 11.9 Å². The summed E-state index contributed by atoms with van der Waals surface area (Å²) in [5.74, 6) is -0.616. The van der Waals surface area contributed by atoms with Gasteiger partial charge in [0.15, 0.2) is 5.69 Å². The van der Waals surface area contributed by atoms with Crippen LogP contribution in [0.25, 0.3) is 33.1 Å². The van der Waals surface area contributed by atoms with Crippen molar-refractivity contribution in [3.05, 3.63) is 93.7 Å². The van der Waals surface area contributed by atoms with E-state index in [1.807, 2.05) is 29.7 Å². The van der Waals surface area contributed by atoms with Gasteiger partial charge in [0.25, 0.3) is 17.4 Å². The van der Waals surface area contributed by atoms with Gasteiger partial charge in [-0.25, -0.2) is 9.49 Å². The van der Waals surface area contributed by atoms with Crippen LogP contribution in [-0.4, -0.2) is 60.4 Å². The van der Waals surface area contributed by atoms with Crippen LogP contribution in [0, 0.1) is 5.82 Å². The van der Waals surface area contributed by atoms with Gasteiger partial charge in [-0.2, -0.15) is 5.10 Å². The molecule has 0 spiro atoms. The summed E-state index contributed by atoms with van der Waals surface area (Å²) in [4.78, 5) is 41.1. The average Bonchev–Trinajstić information content (AvgIpc) is 3.42. The zero-order chi connectivity index (χ0) is 30.2. The molecule has 2 aromatic heterocycles. The molecule has 0 bridgehead atoms. The van der Waals surface area contributed by atoms with Crippen molar-refractivity contribution in [3.8, 4) is 11.3 Å². The number of likely N-dealkylation sites (tertiary alicyclic amines) is 1. The zero-order valence-electron chi connectivity index (χ0n) is 23.9. The van der Waals surface area contributed by atoms with Crippen LogP contribution in [0.3, 0.4) is 0 Å². The van der Waals surface area contributed by atoms with E-state index >= 15 is 0 Å². The van der Waals surface area contributed by atoms with Gasteiger partial charge in [-0.3, -0.25) is 14.4 Å². The zero-order valence-corrected chi connectivity index (χ0v) is 24.8. The van der Waals surface area contributed by atoms with Crippen molar-refractivity contribution in [2.45, 2.75) is 18.8 Å². The Labute approximate surface area is 251 Å². The second-order valence-corrected chi connectivity index (χ2v) is 11.4. The molecule has 1 unspecified atom stereocenters. The summed E-state index contributed by atoms with van der Waals surface area (Å²) < 4.78 is 22.0. The van der Waals surface area contributed by atoms with Gasteiger partial charge in [0.05, 0.1) is 16.6 Å². The highest BCUT2D eigenvalue weighted by molar-refractivity contribution is 7.99. The highest BCUT2D eigenvalue weighted by Gasteiger charge is 2.31. The summed E-state index contributed by atoms with van der Waals surface area (Å²) in [5.41, 5.74) is 3.27. The molecule has 0 aliphatic carbocycles. The van der Waals surface area contributed by atoms with Gasteiger partial charge in [-0.05, 0) is 54.8 Å². The van der Waals surface area contributed by atoms with Crippen LogP contribution in [0.2, 0.25) is 0 Å². The summed E-state index contributed by atoms with van der Waals surface area (Å²) in [5, 5.41) is 10.9. The molecule has 1 fully saturated rings. The van der Waals surface area contributed by atoms with E-state index < -0.39 is 0 Å². The van der Waals surface area contributed by atoms with Crippen LogP contribution < -0.4 is 15.2 Å². The summed E-state index contributed by atoms with van der Waals surface area (Å²) in [6.07, 6.45) is 3.58. The molecular formula is C32H30FN5O4S. The summed E-state index contributed by atoms with van der Waals surface area (Å²) in [6, 6.07) is 16.7. The number of rotatable bonds is 6. The van der Waals surface area contributed by atoms with Crippen LogP contribution in [0.15, 0.2) is 69.9 Å². The molecule has 5 aromatic rings. The molecule has 2 amide bonds. The number of hydrogen-bond donors (Lipinski definition) is 2. The Morgan fingerprint density at radius 3 is 2.58 bits per heavy atom. The third-order valence-electron chi connectivity index (χ3n) is 8.06. The molecule has 3 heterocycles. The third kappa shape index (κ3) is 5.14. The molecule has 220 valence electrons. The SMILES string of the molecule is CNC(=O)c1c(-c2ccc(F)cc2)oc2cc(N(C)SC)c(C3CCCN(C(=O)c4n[nH]c(=O)c5ccccc45)C3)cc12. The Morgan fingerprint density at radius 1 is 1.12 bits per heavy atom. The van der Waals surface area contributed by atoms with Crippen LogP contribution in [0.1, 0.15) is 45.2 Å². The Bertz CT molecular complexity index is 1920. The quantitative estimate of drug-likeness (QED) is 0.246. The first-order valence-corrected chi connectivity index (χ1v) is 15.1. The van der Waals surface area contributed by atoms with Gasteiger partial charge in [0.1, 0.15) is 17.2 Å². The molecule has 1 saturated heterocycles. The third-order valence-corrected chi connectivity index (χ3v) is 8.80. The van der Waals surface area contributed by atoms with E-state index in [4.69, 9.17) is 4.42 Å². The molecular weight excluding hydrogens is 569 g/mol. The number of aromatic nitrogens is 2. The van der Waals surface area contributed by atoms with Crippen molar-refractivity contribution in [2.24, 2.45) is 0 Å². The predicted molar refractivity (Wildman–Crippen MR) is 167 cm³/mol. The number of halogens is 1. The molecule has 0 saturated carbocycles. The fourth-order valence-corrected chi connectivity index (χ4v) is 6.20. The second-order valence-electron chi connectivity index (χ2n) is 10.5. The first kappa shape index (κ1) is 28.5. The lowest BCUT2D eigenvalue weighted by molar-refractivity contribution is 0.0702. The summed E-state index contributed by atoms with van der Waals surface area (Å²) >= 11 is 1.54. The van der Waals surface area contributed by atoms with Crippen LogP contribution in [0.5, 0.6) is 0 Å². The number of aromatic amines is 1. The van der Waals surface area contributed by atoms with E-state index in [9.17, 15) is 18.8 Å². The molecule has 6 rings (SSSR count). The minimum absolute atomic E-state index is 0.0394. The van der Waals surface area contributed by atoms with Gasteiger partial charge in [0, 0.05) is 61.8 Å². The molecule has 1 aliphatic heterocycles. The minimum atomic E-state index is -0.381. The molecule has 1 aliphatic rings. The van der Waals surface area contributed by atoms with Gasteiger partial charge in [-0.15, -0.1) is 0 Å². The number of amides is 2. The summed E-state index contributed by atoms with van der Waals surface area (Å²) in [6.45, 7) is 0.997. The number of anilines is 1. The van der Waals surface area contributed by atoms with Gasteiger partial charge < -0.3 is 18.9 Å². The van der Waals surface area contributed by atoms with E-state index in [0.29, 0.717) is 51.7 Å². The molecule has 2 N–H and O–H groups in total. The van der Waals surface area contributed by atoms with E-state index in [1.54, 1.807) is 48.3 Å².